The molecule has 2 aromatic rings. The number of pyridine rings is 1. The largest absolute Gasteiger partial charge is 0.478 e. The molecule has 2 aromatic heterocycles. The van der Waals surface area contributed by atoms with Crippen molar-refractivity contribution in [1.29, 1.82) is 0 Å². The molecule has 31 heavy (non-hydrogen) atoms. The minimum atomic E-state index is -0.989. The van der Waals surface area contributed by atoms with Crippen LogP contribution in [0.5, 0.6) is 0 Å². The van der Waals surface area contributed by atoms with Crippen LogP contribution in [0, 0.1) is 6.92 Å². The average molecular weight is 426 g/mol. The zero-order valence-electron chi connectivity index (χ0n) is 17.7. The number of aryl methyl sites for hydroxylation is 2. The van der Waals surface area contributed by atoms with Crippen molar-refractivity contribution >= 4 is 11.5 Å². The molecule has 164 valence electrons. The molecule has 1 N–H and O–H groups in total. The fourth-order valence-corrected chi connectivity index (χ4v) is 3.77. The maximum atomic E-state index is 11.0. The van der Waals surface area contributed by atoms with E-state index in [0.717, 1.165) is 54.5 Å². The Labute approximate surface area is 180 Å². The van der Waals surface area contributed by atoms with Crippen LogP contribution in [0.25, 0.3) is 17.0 Å². The predicted molar refractivity (Wildman–Crippen MR) is 112 cm³/mol. The first-order valence-electron chi connectivity index (χ1n) is 10.3. The summed E-state index contributed by atoms with van der Waals surface area (Å²) in [5, 5.41) is 17.4. The molecule has 1 atom stereocenters. The molecule has 2 aliphatic rings. The Hall–Kier alpha value is -2.88. The van der Waals surface area contributed by atoms with Crippen LogP contribution in [0.2, 0.25) is 0 Å². The molecule has 9 heteroatoms. The summed E-state index contributed by atoms with van der Waals surface area (Å²) in [6.45, 7) is 3.68. The second-order valence-electron chi connectivity index (χ2n) is 7.66. The van der Waals surface area contributed by atoms with Crippen LogP contribution < -0.4 is 0 Å². The number of aromatic nitrogens is 4. The van der Waals surface area contributed by atoms with Crippen LogP contribution in [-0.2, 0) is 32.7 Å². The lowest BCUT2D eigenvalue weighted by Crippen LogP contribution is -2.22. The first kappa shape index (κ1) is 21.4. The normalized spacial score (nSPS) is 20.6. The fraction of sp³-hybridized carbons (Fsp3) is 0.455. The lowest BCUT2D eigenvalue weighted by atomic mass is 10.00. The molecule has 0 radical (unpaired) electrons. The quantitative estimate of drug-likeness (QED) is 0.703. The van der Waals surface area contributed by atoms with E-state index < -0.39 is 5.97 Å². The van der Waals surface area contributed by atoms with Crippen LogP contribution in [0.4, 0.5) is 0 Å². The van der Waals surface area contributed by atoms with Gasteiger partial charge in [-0.15, -0.1) is 5.10 Å². The van der Waals surface area contributed by atoms with Gasteiger partial charge in [-0.1, -0.05) is 17.4 Å². The van der Waals surface area contributed by atoms with E-state index in [9.17, 15) is 4.79 Å². The zero-order valence-corrected chi connectivity index (χ0v) is 17.7. The standard InChI is InChI=1S/C22H26N4O5/c1-14-17(16-9-15(10-20(27)28)11-29-12-16)6-7-18(23-14)22-19(26(2)25-24-22)13-31-21-5-3-4-8-30-21/h6-7,9-10,21H,3-5,8,11-13H2,1-2H3,(H,27,28). The van der Waals surface area contributed by atoms with Gasteiger partial charge in [0, 0.05) is 31.0 Å². The Morgan fingerprint density at radius 2 is 2.23 bits per heavy atom. The molecule has 1 saturated heterocycles. The van der Waals surface area contributed by atoms with Crippen molar-refractivity contribution in [2.75, 3.05) is 19.8 Å². The highest BCUT2D eigenvalue weighted by Crippen LogP contribution is 2.27. The van der Waals surface area contributed by atoms with E-state index in [1.807, 2.05) is 32.2 Å². The number of aliphatic carboxylic acids is 1. The van der Waals surface area contributed by atoms with Gasteiger partial charge in [-0.25, -0.2) is 9.48 Å². The number of ether oxygens (including phenoxy) is 3. The van der Waals surface area contributed by atoms with Gasteiger partial charge in [-0.3, -0.25) is 4.98 Å². The van der Waals surface area contributed by atoms with Crippen LogP contribution in [0.15, 0.2) is 29.9 Å². The van der Waals surface area contributed by atoms with Gasteiger partial charge in [0.15, 0.2) is 6.29 Å². The first-order valence-corrected chi connectivity index (χ1v) is 10.3. The topological polar surface area (TPSA) is 109 Å². The maximum absolute atomic E-state index is 11.0. The molecule has 1 unspecified atom stereocenters. The Balaban J connectivity index is 1.56. The molecule has 0 aromatic carbocycles. The summed E-state index contributed by atoms with van der Waals surface area (Å²) in [6, 6.07) is 3.85. The molecular formula is C22H26N4O5. The number of carbonyl (C=O) groups is 1. The van der Waals surface area contributed by atoms with E-state index in [2.05, 4.69) is 10.3 Å². The molecule has 2 aliphatic heterocycles. The van der Waals surface area contributed by atoms with Crippen molar-refractivity contribution in [3.63, 3.8) is 0 Å². The van der Waals surface area contributed by atoms with Gasteiger partial charge in [-0.05, 0) is 43.4 Å². The summed E-state index contributed by atoms with van der Waals surface area (Å²) in [4.78, 5) is 15.7. The minimum Gasteiger partial charge on any atom is -0.478 e. The van der Waals surface area contributed by atoms with Crippen LogP contribution in [0.1, 0.15) is 36.2 Å². The molecule has 0 spiro atoms. The number of hydrogen-bond donors (Lipinski definition) is 1. The van der Waals surface area contributed by atoms with Crippen LogP contribution in [0.3, 0.4) is 0 Å². The second kappa shape index (κ2) is 9.51. The van der Waals surface area contributed by atoms with Crippen molar-refractivity contribution in [2.24, 2.45) is 7.05 Å². The first-order chi connectivity index (χ1) is 15.0. The third-order valence-corrected chi connectivity index (χ3v) is 5.36. The second-order valence-corrected chi connectivity index (χ2v) is 7.66. The highest BCUT2D eigenvalue weighted by molar-refractivity contribution is 5.83. The Morgan fingerprint density at radius 3 is 2.97 bits per heavy atom. The summed E-state index contributed by atoms with van der Waals surface area (Å²) in [5.74, 6) is -0.989. The SMILES string of the molecule is Cc1nc(-c2nnn(C)c2COC2CCCCO2)ccc1C1=CC(=CC(=O)O)COC1. The highest BCUT2D eigenvalue weighted by Gasteiger charge is 2.20. The molecule has 1 fully saturated rings. The van der Waals surface area contributed by atoms with Crippen molar-refractivity contribution in [1.82, 2.24) is 20.0 Å². The lowest BCUT2D eigenvalue weighted by Gasteiger charge is -2.22. The van der Waals surface area contributed by atoms with Crippen molar-refractivity contribution < 1.29 is 24.1 Å². The van der Waals surface area contributed by atoms with Crippen molar-refractivity contribution in [2.45, 2.75) is 39.1 Å². The van der Waals surface area contributed by atoms with Gasteiger partial charge < -0.3 is 19.3 Å². The molecule has 4 rings (SSSR count). The monoisotopic (exact) mass is 426 g/mol. The van der Waals surface area contributed by atoms with Crippen LogP contribution in [-0.4, -0.2) is 57.2 Å². The Bertz CT molecular complexity index is 1020. The lowest BCUT2D eigenvalue weighted by molar-refractivity contribution is -0.169. The number of hydrogen-bond acceptors (Lipinski definition) is 7. The van der Waals surface area contributed by atoms with E-state index in [-0.39, 0.29) is 12.9 Å². The third-order valence-electron chi connectivity index (χ3n) is 5.36. The fourth-order valence-electron chi connectivity index (χ4n) is 3.77. The van der Waals surface area contributed by atoms with E-state index in [4.69, 9.17) is 24.3 Å². The van der Waals surface area contributed by atoms with E-state index in [0.29, 0.717) is 30.2 Å². The summed E-state index contributed by atoms with van der Waals surface area (Å²) < 4.78 is 18.8. The van der Waals surface area contributed by atoms with Crippen molar-refractivity contribution in [3.8, 4) is 11.4 Å². The number of carboxylic acid groups (broad SMARTS) is 1. The van der Waals surface area contributed by atoms with Gasteiger partial charge in [0.05, 0.1) is 31.2 Å². The van der Waals surface area contributed by atoms with Gasteiger partial charge in [0.1, 0.15) is 5.69 Å². The van der Waals surface area contributed by atoms with Gasteiger partial charge in [0.25, 0.3) is 0 Å². The highest BCUT2D eigenvalue weighted by atomic mass is 16.7. The van der Waals surface area contributed by atoms with Gasteiger partial charge in [0.2, 0.25) is 0 Å². The van der Waals surface area contributed by atoms with Gasteiger partial charge in [-0.2, -0.15) is 0 Å². The number of nitrogens with zero attached hydrogens (tertiary/aromatic N) is 4. The molecular weight excluding hydrogens is 400 g/mol. The molecule has 0 aliphatic carbocycles. The number of carboxylic acids is 1. The third kappa shape index (κ3) is 5.07. The number of rotatable bonds is 6. The predicted octanol–water partition coefficient (Wildman–Crippen LogP) is 2.65. The summed E-state index contributed by atoms with van der Waals surface area (Å²) >= 11 is 0. The summed E-state index contributed by atoms with van der Waals surface area (Å²) in [7, 11) is 1.83. The Morgan fingerprint density at radius 1 is 1.35 bits per heavy atom. The summed E-state index contributed by atoms with van der Waals surface area (Å²) in [5.41, 5.74) is 5.45. The average Bonchev–Trinajstić information content (AvgIpc) is 3.13. The molecule has 0 bridgehead atoms. The maximum Gasteiger partial charge on any atom is 0.328 e. The van der Waals surface area contributed by atoms with Crippen molar-refractivity contribution in [3.05, 3.63) is 46.8 Å². The van der Waals surface area contributed by atoms with E-state index in [1.165, 1.54) is 0 Å². The smallest absolute Gasteiger partial charge is 0.328 e. The van der Waals surface area contributed by atoms with Gasteiger partial charge >= 0.3 is 5.97 Å². The van der Waals surface area contributed by atoms with E-state index >= 15 is 0 Å². The van der Waals surface area contributed by atoms with E-state index in [1.54, 1.807) is 4.68 Å². The molecule has 4 heterocycles. The van der Waals surface area contributed by atoms with Crippen LogP contribution >= 0.6 is 0 Å². The minimum absolute atomic E-state index is 0.195. The molecule has 0 saturated carbocycles. The Kier molecular flexibility index (Phi) is 6.55. The molecule has 9 nitrogen and oxygen atoms in total. The molecule has 0 amide bonds. The summed E-state index contributed by atoms with van der Waals surface area (Å²) in [6.07, 6.45) is 5.89. The zero-order chi connectivity index (χ0) is 21.8.